The maximum atomic E-state index is 14.2. The summed E-state index contributed by atoms with van der Waals surface area (Å²) in [5.41, 5.74) is 2.80. The minimum atomic E-state index is -0.926. The Labute approximate surface area is 259 Å². The first-order valence-corrected chi connectivity index (χ1v) is 15.3. The van der Waals surface area contributed by atoms with Crippen molar-refractivity contribution in [3.05, 3.63) is 89.6 Å². The van der Waals surface area contributed by atoms with Gasteiger partial charge in [0, 0.05) is 49.4 Å². The zero-order valence-electron chi connectivity index (χ0n) is 24.7. The number of nitrogens with one attached hydrogen (secondary N) is 1. The molecule has 0 bridgehead atoms. The van der Waals surface area contributed by atoms with Crippen molar-refractivity contribution in [1.82, 2.24) is 24.4 Å². The molecule has 5 heterocycles. The maximum absolute atomic E-state index is 14.2. The number of piperidine rings is 1. The van der Waals surface area contributed by atoms with E-state index in [4.69, 9.17) is 9.72 Å². The standard InChI is InChI=1S/C33H33F2N7O3/c34-26-9-8-23(15-27(26)35)28-18-41(17-24-7-4-12-42(24)33(44)45-19-21-5-2-1-3-6-21)31(38-28)22-10-13-40(14-11-22)32-25-16-29(43)39-30(25)36-20-37-32/h1-3,5-6,8-9,15,18,20,22,24H,4,7,10-14,16-17,19H2,(H,36,37,39,43). The average molecular weight is 614 g/mol. The molecule has 45 heavy (non-hydrogen) atoms. The van der Waals surface area contributed by atoms with Crippen LogP contribution in [-0.4, -0.2) is 62.1 Å². The number of aromatic nitrogens is 4. The number of hydrogen-bond donors (Lipinski definition) is 1. The predicted octanol–water partition coefficient (Wildman–Crippen LogP) is 5.30. The third-order valence-electron chi connectivity index (χ3n) is 8.92. The molecule has 4 aromatic rings. The van der Waals surface area contributed by atoms with E-state index in [0.29, 0.717) is 43.3 Å². The molecule has 10 nitrogen and oxygen atoms in total. The van der Waals surface area contributed by atoms with Gasteiger partial charge in [-0.15, -0.1) is 0 Å². The van der Waals surface area contributed by atoms with E-state index in [-0.39, 0.29) is 37.0 Å². The van der Waals surface area contributed by atoms with E-state index >= 15 is 0 Å². The summed E-state index contributed by atoms with van der Waals surface area (Å²) in [6, 6.07) is 13.3. The molecule has 3 aliphatic rings. The SMILES string of the molecule is O=C1Cc2c(ncnc2N2CCC(c3nc(-c4ccc(F)c(F)c4)cn3CC3CCCN3C(=O)OCc3ccccc3)CC2)N1. The Morgan fingerprint density at radius 1 is 1.00 bits per heavy atom. The number of amides is 2. The number of likely N-dealkylation sites (tertiary alicyclic amines) is 1. The van der Waals surface area contributed by atoms with Gasteiger partial charge in [-0.3, -0.25) is 4.79 Å². The summed E-state index contributed by atoms with van der Waals surface area (Å²) in [5, 5.41) is 2.79. The number of hydrogen-bond acceptors (Lipinski definition) is 7. The molecule has 0 aliphatic carbocycles. The molecule has 2 aromatic heterocycles. The molecular formula is C33H33F2N7O3. The van der Waals surface area contributed by atoms with E-state index in [1.807, 2.05) is 36.5 Å². The molecule has 1 atom stereocenters. The van der Waals surface area contributed by atoms with Gasteiger partial charge in [0.15, 0.2) is 11.6 Å². The van der Waals surface area contributed by atoms with Crippen molar-refractivity contribution >= 4 is 23.6 Å². The molecule has 232 valence electrons. The average Bonchev–Trinajstić information content (AvgIpc) is 3.80. The molecule has 12 heteroatoms. The Kier molecular flexibility index (Phi) is 7.86. The number of fused-ring (bicyclic) bond motifs is 1. The van der Waals surface area contributed by atoms with Crippen molar-refractivity contribution in [2.45, 2.75) is 57.2 Å². The normalized spacial score (nSPS) is 18.3. The molecule has 1 N–H and O–H groups in total. The van der Waals surface area contributed by atoms with E-state index in [1.165, 1.54) is 18.5 Å². The van der Waals surface area contributed by atoms with Gasteiger partial charge < -0.3 is 24.4 Å². The van der Waals surface area contributed by atoms with Gasteiger partial charge in [0.1, 0.15) is 30.4 Å². The zero-order chi connectivity index (χ0) is 30.9. The van der Waals surface area contributed by atoms with Crippen molar-refractivity contribution in [1.29, 1.82) is 0 Å². The van der Waals surface area contributed by atoms with Gasteiger partial charge in [-0.1, -0.05) is 30.3 Å². The van der Waals surface area contributed by atoms with Crippen molar-refractivity contribution < 1.29 is 23.1 Å². The van der Waals surface area contributed by atoms with Gasteiger partial charge in [-0.2, -0.15) is 0 Å². The number of halogens is 2. The highest BCUT2D eigenvalue weighted by atomic mass is 19.2. The zero-order valence-corrected chi connectivity index (χ0v) is 24.7. The lowest BCUT2D eigenvalue weighted by atomic mass is 9.95. The molecule has 2 amide bonds. The first kappa shape index (κ1) is 28.9. The summed E-state index contributed by atoms with van der Waals surface area (Å²) >= 11 is 0. The van der Waals surface area contributed by atoms with Crippen LogP contribution in [0.2, 0.25) is 0 Å². The number of carbonyl (C=O) groups is 2. The lowest BCUT2D eigenvalue weighted by molar-refractivity contribution is -0.115. The highest BCUT2D eigenvalue weighted by molar-refractivity contribution is 5.99. The van der Waals surface area contributed by atoms with E-state index in [9.17, 15) is 18.4 Å². The Morgan fingerprint density at radius 2 is 1.82 bits per heavy atom. The number of anilines is 2. The Balaban J connectivity index is 1.11. The van der Waals surface area contributed by atoms with Gasteiger partial charge >= 0.3 is 6.09 Å². The summed E-state index contributed by atoms with van der Waals surface area (Å²) in [5.74, 6) is 0.372. The highest BCUT2D eigenvalue weighted by Crippen LogP contribution is 2.35. The molecule has 0 saturated carbocycles. The Morgan fingerprint density at radius 3 is 2.62 bits per heavy atom. The molecule has 1 unspecified atom stereocenters. The van der Waals surface area contributed by atoms with Crippen molar-refractivity contribution in [3.8, 4) is 11.3 Å². The number of carbonyl (C=O) groups excluding carboxylic acids is 2. The summed E-state index contributed by atoms with van der Waals surface area (Å²) < 4.78 is 35.7. The molecule has 0 radical (unpaired) electrons. The summed E-state index contributed by atoms with van der Waals surface area (Å²) in [4.78, 5) is 42.8. The number of benzene rings is 2. The van der Waals surface area contributed by atoms with E-state index in [0.717, 1.165) is 54.5 Å². The van der Waals surface area contributed by atoms with Crippen LogP contribution >= 0.6 is 0 Å². The van der Waals surface area contributed by atoms with Crippen LogP contribution in [0.1, 0.15) is 48.6 Å². The second-order valence-corrected chi connectivity index (χ2v) is 11.8. The van der Waals surface area contributed by atoms with Gasteiger partial charge in [-0.05, 0) is 49.4 Å². The van der Waals surface area contributed by atoms with Gasteiger partial charge in [0.25, 0.3) is 0 Å². The minimum Gasteiger partial charge on any atom is -0.445 e. The molecule has 7 rings (SSSR count). The quantitative estimate of drug-likeness (QED) is 0.302. The topological polar surface area (TPSA) is 105 Å². The van der Waals surface area contributed by atoms with Crippen LogP contribution < -0.4 is 10.2 Å². The van der Waals surface area contributed by atoms with E-state index < -0.39 is 11.6 Å². The monoisotopic (exact) mass is 613 g/mol. The number of imidazole rings is 1. The molecule has 0 spiro atoms. The molecule has 2 fully saturated rings. The maximum Gasteiger partial charge on any atom is 0.410 e. The third kappa shape index (κ3) is 5.96. The first-order valence-electron chi connectivity index (χ1n) is 15.3. The molecule has 2 saturated heterocycles. The van der Waals surface area contributed by atoms with Gasteiger partial charge in [-0.25, -0.2) is 28.5 Å². The fourth-order valence-corrected chi connectivity index (χ4v) is 6.62. The smallest absolute Gasteiger partial charge is 0.410 e. The first-order chi connectivity index (χ1) is 21.9. The van der Waals surface area contributed by atoms with Crippen molar-refractivity contribution in [2.24, 2.45) is 0 Å². The lowest BCUT2D eigenvalue weighted by Crippen LogP contribution is -2.39. The predicted molar refractivity (Wildman–Crippen MR) is 162 cm³/mol. The summed E-state index contributed by atoms with van der Waals surface area (Å²) in [6.45, 7) is 2.74. The molecule has 2 aromatic carbocycles. The fraction of sp³-hybridized carbons (Fsp3) is 0.364. The van der Waals surface area contributed by atoms with Gasteiger partial charge in [0.2, 0.25) is 5.91 Å². The second kappa shape index (κ2) is 12.3. The van der Waals surface area contributed by atoms with Crippen molar-refractivity contribution in [2.75, 3.05) is 29.9 Å². The van der Waals surface area contributed by atoms with Crippen LogP contribution in [-0.2, 0) is 29.1 Å². The highest BCUT2D eigenvalue weighted by Gasteiger charge is 2.34. The fourth-order valence-electron chi connectivity index (χ4n) is 6.62. The van der Waals surface area contributed by atoms with Crippen LogP contribution in [0.5, 0.6) is 0 Å². The van der Waals surface area contributed by atoms with Crippen molar-refractivity contribution in [3.63, 3.8) is 0 Å². The van der Waals surface area contributed by atoms with Crippen LogP contribution in [0, 0.1) is 11.6 Å². The van der Waals surface area contributed by atoms with Crippen LogP contribution in [0.25, 0.3) is 11.3 Å². The number of nitrogens with zero attached hydrogens (tertiary/aromatic N) is 6. The van der Waals surface area contributed by atoms with Crippen LogP contribution in [0.15, 0.2) is 61.1 Å². The molecular weight excluding hydrogens is 580 g/mol. The van der Waals surface area contributed by atoms with Gasteiger partial charge in [0.05, 0.1) is 18.2 Å². The Hall–Kier alpha value is -4.87. The Bertz CT molecular complexity index is 1720. The lowest BCUT2D eigenvalue weighted by Gasteiger charge is -2.34. The van der Waals surface area contributed by atoms with Crippen LogP contribution in [0.3, 0.4) is 0 Å². The van der Waals surface area contributed by atoms with E-state index in [1.54, 1.807) is 4.90 Å². The number of rotatable bonds is 7. The molecule has 3 aliphatic heterocycles. The minimum absolute atomic E-state index is 0.0849. The third-order valence-corrected chi connectivity index (χ3v) is 8.92. The van der Waals surface area contributed by atoms with Crippen LogP contribution in [0.4, 0.5) is 25.2 Å². The summed E-state index contributed by atoms with van der Waals surface area (Å²) in [6.07, 6.45) is 6.53. The number of ether oxygens (including phenoxy) is 1. The second-order valence-electron chi connectivity index (χ2n) is 11.8. The summed E-state index contributed by atoms with van der Waals surface area (Å²) in [7, 11) is 0. The van der Waals surface area contributed by atoms with E-state index in [2.05, 4.69) is 24.8 Å². The largest absolute Gasteiger partial charge is 0.445 e.